The van der Waals surface area contributed by atoms with Crippen LogP contribution in [0, 0.1) is 0 Å². The van der Waals surface area contributed by atoms with Crippen LogP contribution in [-0.2, 0) is 28.4 Å². The van der Waals surface area contributed by atoms with Crippen molar-refractivity contribution in [3.05, 3.63) is 21.6 Å². The number of hydrogen-bond donors (Lipinski definition) is 0. The molecule has 0 unspecified atom stereocenters. The molecule has 0 aliphatic heterocycles. The summed E-state index contributed by atoms with van der Waals surface area (Å²) < 4.78 is 27.6. The normalized spacial score (nSPS) is 15.4. The zero-order valence-electron chi connectivity index (χ0n) is 10.5. The number of thiophene rings is 1. The fourth-order valence-corrected chi connectivity index (χ4v) is 4.04. The molecule has 5 nitrogen and oxygen atoms in total. The Balaban J connectivity index is 1.93. The van der Waals surface area contributed by atoms with E-state index in [0.29, 0.717) is 5.89 Å². The maximum atomic E-state index is 11.2. The van der Waals surface area contributed by atoms with Crippen LogP contribution in [0.25, 0.3) is 11.5 Å². The standard InChI is InChI=1S/C12H14N2O3S2/c1-19(15,16)7-11-13-12(17-14-11)9-6-18-10-5-3-2-4-8(9)10/h6H,2-5,7H2,1H3. The number of hydrogen-bond acceptors (Lipinski definition) is 6. The summed E-state index contributed by atoms with van der Waals surface area (Å²) in [5.74, 6) is 0.495. The van der Waals surface area contributed by atoms with Gasteiger partial charge in [-0.05, 0) is 31.2 Å². The Morgan fingerprint density at radius 3 is 2.95 bits per heavy atom. The molecule has 1 aliphatic rings. The Labute approximate surface area is 115 Å². The first-order valence-electron chi connectivity index (χ1n) is 6.13. The third-order valence-electron chi connectivity index (χ3n) is 3.15. The molecular formula is C12H14N2O3S2. The molecule has 0 spiro atoms. The van der Waals surface area contributed by atoms with Gasteiger partial charge in [0.25, 0.3) is 5.89 Å². The van der Waals surface area contributed by atoms with Crippen LogP contribution in [0.5, 0.6) is 0 Å². The highest BCUT2D eigenvalue weighted by atomic mass is 32.2. The van der Waals surface area contributed by atoms with Gasteiger partial charge in [-0.2, -0.15) is 4.98 Å². The van der Waals surface area contributed by atoms with E-state index in [0.717, 1.165) is 24.7 Å². The van der Waals surface area contributed by atoms with E-state index >= 15 is 0 Å². The molecule has 7 heteroatoms. The van der Waals surface area contributed by atoms with Crippen LogP contribution in [-0.4, -0.2) is 24.8 Å². The van der Waals surface area contributed by atoms with Crippen molar-refractivity contribution in [3.8, 4) is 11.5 Å². The molecule has 2 heterocycles. The van der Waals surface area contributed by atoms with Crippen molar-refractivity contribution in [3.63, 3.8) is 0 Å². The number of fused-ring (bicyclic) bond motifs is 1. The lowest BCUT2D eigenvalue weighted by Crippen LogP contribution is -2.02. The molecule has 0 saturated carbocycles. The van der Waals surface area contributed by atoms with Gasteiger partial charge in [-0.15, -0.1) is 11.3 Å². The lowest BCUT2D eigenvalue weighted by molar-refractivity contribution is 0.424. The fraction of sp³-hybridized carbons (Fsp3) is 0.500. The molecule has 0 aromatic carbocycles. The molecule has 2 aromatic heterocycles. The molecule has 0 amide bonds. The van der Waals surface area contributed by atoms with Crippen LogP contribution >= 0.6 is 11.3 Å². The predicted octanol–water partition coefficient (Wildman–Crippen LogP) is 2.22. The maximum absolute atomic E-state index is 11.2. The molecule has 0 saturated heterocycles. The summed E-state index contributed by atoms with van der Waals surface area (Å²) in [6.07, 6.45) is 5.73. The van der Waals surface area contributed by atoms with Gasteiger partial charge < -0.3 is 4.52 Å². The van der Waals surface area contributed by atoms with Crippen molar-refractivity contribution in [1.82, 2.24) is 10.1 Å². The van der Waals surface area contributed by atoms with E-state index < -0.39 is 9.84 Å². The van der Waals surface area contributed by atoms with E-state index in [1.165, 1.54) is 23.3 Å². The number of sulfone groups is 1. The maximum Gasteiger partial charge on any atom is 0.259 e. The summed E-state index contributed by atoms with van der Waals surface area (Å²) in [5.41, 5.74) is 2.28. The monoisotopic (exact) mass is 298 g/mol. The second-order valence-electron chi connectivity index (χ2n) is 4.84. The zero-order chi connectivity index (χ0) is 13.5. The van der Waals surface area contributed by atoms with Crippen molar-refractivity contribution in [2.24, 2.45) is 0 Å². The summed E-state index contributed by atoms with van der Waals surface area (Å²) in [6.45, 7) is 0. The van der Waals surface area contributed by atoms with Crippen molar-refractivity contribution < 1.29 is 12.9 Å². The minimum atomic E-state index is -3.13. The number of rotatable bonds is 3. The molecule has 1 aliphatic carbocycles. The van der Waals surface area contributed by atoms with E-state index in [2.05, 4.69) is 10.1 Å². The van der Waals surface area contributed by atoms with Gasteiger partial charge in [0.15, 0.2) is 15.7 Å². The van der Waals surface area contributed by atoms with Gasteiger partial charge in [0.2, 0.25) is 0 Å². The van der Waals surface area contributed by atoms with Crippen LogP contribution in [0.15, 0.2) is 9.90 Å². The first-order chi connectivity index (χ1) is 9.03. The molecule has 0 N–H and O–H groups in total. The van der Waals surface area contributed by atoms with E-state index in [-0.39, 0.29) is 11.6 Å². The van der Waals surface area contributed by atoms with Gasteiger partial charge in [-0.25, -0.2) is 8.42 Å². The van der Waals surface area contributed by atoms with Gasteiger partial charge in [0.05, 0.1) is 5.56 Å². The first kappa shape index (κ1) is 12.8. The lowest BCUT2D eigenvalue weighted by atomic mass is 9.96. The van der Waals surface area contributed by atoms with Gasteiger partial charge in [-0.1, -0.05) is 5.16 Å². The topological polar surface area (TPSA) is 73.1 Å². The summed E-state index contributed by atoms with van der Waals surface area (Å²) in [7, 11) is -3.13. The van der Waals surface area contributed by atoms with E-state index in [1.807, 2.05) is 5.38 Å². The third-order valence-corrected chi connectivity index (χ3v) is 5.02. The lowest BCUT2D eigenvalue weighted by Gasteiger charge is -2.10. The van der Waals surface area contributed by atoms with Crippen LogP contribution in [0.3, 0.4) is 0 Å². The van der Waals surface area contributed by atoms with E-state index in [4.69, 9.17) is 4.52 Å². The van der Waals surface area contributed by atoms with Crippen LogP contribution in [0.4, 0.5) is 0 Å². The highest BCUT2D eigenvalue weighted by Gasteiger charge is 2.21. The van der Waals surface area contributed by atoms with Gasteiger partial charge in [-0.3, -0.25) is 0 Å². The predicted molar refractivity (Wildman–Crippen MR) is 72.8 cm³/mol. The van der Waals surface area contributed by atoms with Crippen molar-refractivity contribution in [1.29, 1.82) is 0 Å². The van der Waals surface area contributed by atoms with Crippen molar-refractivity contribution >= 4 is 21.2 Å². The Morgan fingerprint density at radius 2 is 2.16 bits per heavy atom. The molecule has 0 fully saturated rings. The van der Waals surface area contributed by atoms with E-state index in [9.17, 15) is 8.42 Å². The van der Waals surface area contributed by atoms with Gasteiger partial charge in [0, 0.05) is 16.5 Å². The second-order valence-corrected chi connectivity index (χ2v) is 7.95. The zero-order valence-corrected chi connectivity index (χ0v) is 12.2. The number of aryl methyl sites for hydroxylation is 1. The summed E-state index contributed by atoms with van der Waals surface area (Å²) in [4.78, 5) is 5.59. The molecule has 0 bridgehead atoms. The molecular weight excluding hydrogens is 284 g/mol. The Morgan fingerprint density at radius 1 is 1.37 bits per heavy atom. The van der Waals surface area contributed by atoms with E-state index in [1.54, 1.807) is 11.3 Å². The van der Waals surface area contributed by atoms with Crippen LogP contribution in [0.2, 0.25) is 0 Å². The Bertz CT molecular complexity index is 700. The number of aromatic nitrogens is 2. The SMILES string of the molecule is CS(=O)(=O)Cc1noc(-c2csc3c2CCCC3)n1. The smallest absolute Gasteiger partial charge is 0.259 e. The minimum Gasteiger partial charge on any atom is -0.334 e. The number of nitrogens with zero attached hydrogens (tertiary/aromatic N) is 2. The summed E-state index contributed by atoms with van der Waals surface area (Å²) in [5, 5.41) is 5.78. The minimum absolute atomic E-state index is 0.178. The second kappa shape index (κ2) is 4.72. The molecule has 0 atom stereocenters. The van der Waals surface area contributed by atoms with Gasteiger partial charge in [0.1, 0.15) is 5.75 Å². The van der Waals surface area contributed by atoms with Gasteiger partial charge >= 0.3 is 0 Å². The Kier molecular flexibility index (Phi) is 3.18. The Hall–Kier alpha value is -1.21. The highest BCUT2D eigenvalue weighted by molar-refractivity contribution is 7.89. The molecule has 19 heavy (non-hydrogen) atoms. The highest BCUT2D eigenvalue weighted by Crippen LogP contribution is 2.35. The molecule has 102 valence electrons. The van der Waals surface area contributed by atoms with Crippen LogP contribution in [0.1, 0.15) is 29.1 Å². The summed E-state index contributed by atoms with van der Waals surface area (Å²) in [6, 6.07) is 0. The molecule has 2 aromatic rings. The summed E-state index contributed by atoms with van der Waals surface area (Å²) >= 11 is 1.72. The van der Waals surface area contributed by atoms with Crippen LogP contribution < -0.4 is 0 Å². The quantitative estimate of drug-likeness (QED) is 0.868. The first-order valence-corrected chi connectivity index (χ1v) is 9.07. The average Bonchev–Trinajstić information content (AvgIpc) is 2.92. The van der Waals surface area contributed by atoms with Crippen molar-refractivity contribution in [2.75, 3.05) is 6.26 Å². The molecule has 0 radical (unpaired) electrons. The van der Waals surface area contributed by atoms with Crippen molar-refractivity contribution in [2.45, 2.75) is 31.4 Å². The third kappa shape index (κ3) is 2.71. The molecule has 3 rings (SSSR count). The average molecular weight is 298 g/mol. The fourth-order valence-electron chi connectivity index (χ4n) is 2.33. The largest absolute Gasteiger partial charge is 0.334 e.